The summed E-state index contributed by atoms with van der Waals surface area (Å²) in [5, 5.41) is 3.44. The highest BCUT2D eigenvalue weighted by Gasteiger charge is 2.08. The summed E-state index contributed by atoms with van der Waals surface area (Å²) in [5.74, 6) is -0.0203. The van der Waals surface area contributed by atoms with Gasteiger partial charge in [-0.1, -0.05) is 23.2 Å². The first-order valence-corrected chi connectivity index (χ1v) is 6.20. The molecule has 1 heterocycles. The highest BCUT2D eigenvalue weighted by Crippen LogP contribution is 2.32. The summed E-state index contributed by atoms with van der Waals surface area (Å²) in [6, 6.07) is 5.22. The summed E-state index contributed by atoms with van der Waals surface area (Å²) in [5.41, 5.74) is 12.1. The van der Waals surface area contributed by atoms with Crippen molar-refractivity contribution < 1.29 is 0 Å². The Bertz CT molecular complexity index is 578. The van der Waals surface area contributed by atoms with E-state index in [1.54, 1.807) is 18.2 Å². The number of benzene rings is 1. The number of nitrogens with two attached hydrogens (primary N) is 2. The Labute approximate surface area is 124 Å². The number of aromatic nitrogens is 1. The standard InChI is InChI=1S/C10H8Cl2N4S.ClH/c11-5-1-2-6(7(12)3-5)8-4-17-10(15-8)16-9(13)14;/h1-4H,(H4,13,14,15,16);1H. The van der Waals surface area contributed by atoms with Crippen molar-refractivity contribution in [3.63, 3.8) is 0 Å². The van der Waals surface area contributed by atoms with E-state index < -0.39 is 0 Å². The van der Waals surface area contributed by atoms with E-state index >= 15 is 0 Å². The second kappa shape index (κ2) is 6.24. The highest BCUT2D eigenvalue weighted by atomic mass is 35.5. The molecular formula is C10H9Cl3N4S. The first-order chi connectivity index (χ1) is 8.06. The minimum atomic E-state index is -0.0203. The van der Waals surface area contributed by atoms with Gasteiger partial charge in [0.15, 0.2) is 5.96 Å². The van der Waals surface area contributed by atoms with Crippen LogP contribution in [0.5, 0.6) is 0 Å². The second-order valence-electron chi connectivity index (χ2n) is 3.18. The zero-order chi connectivity index (χ0) is 12.4. The average molecular weight is 324 g/mol. The van der Waals surface area contributed by atoms with Gasteiger partial charge in [0, 0.05) is 16.0 Å². The lowest BCUT2D eigenvalue weighted by molar-refractivity contribution is 1.33. The van der Waals surface area contributed by atoms with Crippen LogP contribution in [-0.4, -0.2) is 10.9 Å². The van der Waals surface area contributed by atoms with Crippen LogP contribution in [-0.2, 0) is 0 Å². The molecule has 1 aromatic heterocycles. The fraction of sp³-hybridized carbons (Fsp3) is 0. The first-order valence-electron chi connectivity index (χ1n) is 4.57. The molecule has 4 nitrogen and oxygen atoms in total. The summed E-state index contributed by atoms with van der Waals surface area (Å²) in [6.45, 7) is 0. The van der Waals surface area contributed by atoms with Crippen molar-refractivity contribution in [3.05, 3.63) is 33.6 Å². The Morgan fingerprint density at radius 2 is 2.00 bits per heavy atom. The summed E-state index contributed by atoms with van der Waals surface area (Å²) in [4.78, 5) is 8.12. The van der Waals surface area contributed by atoms with Gasteiger partial charge in [0.05, 0.1) is 10.7 Å². The van der Waals surface area contributed by atoms with E-state index in [1.165, 1.54) is 11.3 Å². The number of hydrogen-bond donors (Lipinski definition) is 2. The SMILES string of the molecule is Cl.NC(N)=Nc1nc(-c2ccc(Cl)cc2Cl)cs1. The molecule has 0 spiro atoms. The van der Waals surface area contributed by atoms with Crippen LogP contribution in [0.15, 0.2) is 28.6 Å². The third-order valence-corrected chi connectivity index (χ3v) is 3.21. The smallest absolute Gasteiger partial charge is 0.212 e. The molecule has 0 bridgehead atoms. The number of rotatable bonds is 2. The van der Waals surface area contributed by atoms with Gasteiger partial charge in [-0.05, 0) is 18.2 Å². The molecule has 18 heavy (non-hydrogen) atoms. The van der Waals surface area contributed by atoms with Gasteiger partial charge in [0.25, 0.3) is 0 Å². The van der Waals surface area contributed by atoms with Crippen molar-refractivity contribution >= 4 is 58.0 Å². The van der Waals surface area contributed by atoms with Crippen LogP contribution in [0.25, 0.3) is 11.3 Å². The topological polar surface area (TPSA) is 77.3 Å². The van der Waals surface area contributed by atoms with E-state index in [4.69, 9.17) is 34.7 Å². The number of guanidine groups is 1. The van der Waals surface area contributed by atoms with Crippen molar-refractivity contribution in [2.75, 3.05) is 0 Å². The van der Waals surface area contributed by atoms with E-state index in [0.717, 1.165) is 11.3 Å². The molecule has 2 rings (SSSR count). The zero-order valence-corrected chi connectivity index (χ0v) is 12.1. The van der Waals surface area contributed by atoms with Crippen LogP contribution in [0.3, 0.4) is 0 Å². The molecule has 1 aromatic carbocycles. The third-order valence-electron chi connectivity index (χ3n) is 1.92. The van der Waals surface area contributed by atoms with Gasteiger partial charge in [-0.25, -0.2) is 4.98 Å². The molecule has 0 aliphatic heterocycles. The third kappa shape index (κ3) is 3.49. The van der Waals surface area contributed by atoms with Crippen molar-refractivity contribution in [2.24, 2.45) is 16.5 Å². The molecular weight excluding hydrogens is 315 g/mol. The van der Waals surface area contributed by atoms with Crippen molar-refractivity contribution in [1.82, 2.24) is 4.98 Å². The molecule has 0 radical (unpaired) electrons. The Morgan fingerprint density at radius 3 is 2.61 bits per heavy atom. The molecule has 0 saturated carbocycles. The van der Waals surface area contributed by atoms with Crippen LogP contribution >= 0.6 is 46.9 Å². The van der Waals surface area contributed by atoms with Crippen LogP contribution < -0.4 is 11.5 Å². The maximum atomic E-state index is 6.07. The normalized spacial score (nSPS) is 9.67. The minimum absolute atomic E-state index is 0. The van der Waals surface area contributed by atoms with Gasteiger partial charge in [0.2, 0.25) is 5.13 Å². The average Bonchev–Trinajstić information content (AvgIpc) is 2.65. The van der Waals surface area contributed by atoms with E-state index in [0.29, 0.717) is 15.2 Å². The Kier molecular flexibility index (Phi) is 5.22. The predicted molar refractivity (Wildman–Crippen MR) is 80.3 cm³/mol. The van der Waals surface area contributed by atoms with Crippen LogP contribution in [0.2, 0.25) is 10.0 Å². The predicted octanol–water partition coefficient (Wildman–Crippen LogP) is 3.44. The van der Waals surface area contributed by atoms with E-state index in [1.807, 2.05) is 5.38 Å². The second-order valence-corrected chi connectivity index (χ2v) is 4.86. The molecule has 96 valence electrons. The van der Waals surface area contributed by atoms with Crippen LogP contribution in [0.4, 0.5) is 5.13 Å². The number of aliphatic imine (C=N–C) groups is 1. The van der Waals surface area contributed by atoms with E-state index in [-0.39, 0.29) is 18.4 Å². The van der Waals surface area contributed by atoms with Crippen molar-refractivity contribution in [3.8, 4) is 11.3 Å². The molecule has 8 heteroatoms. The number of halogens is 3. The lowest BCUT2D eigenvalue weighted by atomic mass is 10.2. The van der Waals surface area contributed by atoms with E-state index in [2.05, 4.69) is 9.98 Å². The minimum Gasteiger partial charge on any atom is -0.370 e. The lowest BCUT2D eigenvalue weighted by Gasteiger charge is -2.00. The molecule has 4 N–H and O–H groups in total. The van der Waals surface area contributed by atoms with Gasteiger partial charge in [0.1, 0.15) is 0 Å². The molecule has 0 amide bonds. The fourth-order valence-electron chi connectivity index (χ4n) is 1.25. The monoisotopic (exact) mass is 322 g/mol. The molecule has 0 aliphatic carbocycles. The van der Waals surface area contributed by atoms with Crippen LogP contribution in [0, 0.1) is 0 Å². The molecule has 0 saturated heterocycles. The number of hydrogen-bond acceptors (Lipinski definition) is 3. The van der Waals surface area contributed by atoms with E-state index in [9.17, 15) is 0 Å². The van der Waals surface area contributed by atoms with Gasteiger partial charge in [-0.3, -0.25) is 0 Å². The van der Waals surface area contributed by atoms with Gasteiger partial charge >= 0.3 is 0 Å². The van der Waals surface area contributed by atoms with Gasteiger partial charge < -0.3 is 11.5 Å². The molecule has 0 aliphatic rings. The number of thiazole rings is 1. The van der Waals surface area contributed by atoms with Crippen LogP contribution in [0.1, 0.15) is 0 Å². The zero-order valence-electron chi connectivity index (χ0n) is 8.93. The molecule has 0 fully saturated rings. The Hall–Kier alpha value is -1.01. The highest BCUT2D eigenvalue weighted by molar-refractivity contribution is 7.13. The van der Waals surface area contributed by atoms with Gasteiger partial charge in [-0.15, -0.1) is 23.7 Å². The molecule has 0 unspecified atom stereocenters. The Morgan fingerprint density at radius 1 is 1.28 bits per heavy atom. The Balaban J connectivity index is 0.00000162. The quantitative estimate of drug-likeness (QED) is 0.656. The molecule has 0 atom stereocenters. The lowest BCUT2D eigenvalue weighted by Crippen LogP contribution is -2.21. The summed E-state index contributed by atoms with van der Waals surface area (Å²) < 4.78 is 0. The molecule has 2 aromatic rings. The van der Waals surface area contributed by atoms with Crippen molar-refractivity contribution in [2.45, 2.75) is 0 Å². The van der Waals surface area contributed by atoms with Crippen molar-refractivity contribution in [1.29, 1.82) is 0 Å². The summed E-state index contributed by atoms with van der Waals surface area (Å²) in [6.07, 6.45) is 0. The fourth-order valence-corrected chi connectivity index (χ4v) is 2.46. The van der Waals surface area contributed by atoms with Gasteiger partial charge in [-0.2, -0.15) is 4.99 Å². The summed E-state index contributed by atoms with van der Waals surface area (Å²) in [7, 11) is 0. The maximum Gasteiger partial charge on any atom is 0.212 e. The summed E-state index contributed by atoms with van der Waals surface area (Å²) >= 11 is 13.2. The first kappa shape index (κ1) is 15.0. The largest absolute Gasteiger partial charge is 0.370 e. The number of nitrogens with zero attached hydrogens (tertiary/aromatic N) is 2. The maximum absolute atomic E-state index is 6.07.